The maximum atomic E-state index is 13.6. The second-order valence-corrected chi connectivity index (χ2v) is 13.1. The molecule has 1 heterocycles. The van der Waals surface area contributed by atoms with E-state index in [1.807, 2.05) is 54.6 Å². The number of carbonyl (C=O) groups excluding carboxylic acids is 3. The van der Waals surface area contributed by atoms with Gasteiger partial charge in [0.25, 0.3) is 5.91 Å². The highest BCUT2D eigenvalue weighted by molar-refractivity contribution is 5.98. The number of nitrogens with one attached hydrogen (secondary N) is 1. The van der Waals surface area contributed by atoms with E-state index in [2.05, 4.69) is 18.4 Å². The Morgan fingerprint density at radius 2 is 1.69 bits per heavy atom. The summed E-state index contributed by atoms with van der Waals surface area (Å²) in [5.41, 5.74) is 0.341. The summed E-state index contributed by atoms with van der Waals surface area (Å²) in [7, 11) is 2.30. The number of esters is 2. The number of benzene rings is 3. The molecular formula is C35H41N2O5+. The second kappa shape index (κ2) is 10.8. The van der Waals surface area contributed by atoms with Crippen LogP contribution in [0.25, 0.3) is 10.8 Å². The van der Waals surface area contributed by atoms with Gasteiger partial charge in [0.2, 0.25) is 0 Å². The third kappa shape index (κ3) is 5.54. The maximum Gasteiger partial charge on any atom is 0.308 e. The smallest absolute Gasteiger partial charge is 0.308 e. The number of fused-ring (bicyclic) bond motifs is 2. The first-order valence-electron chi connectivity index (χ1n) is 15.2. The molecule has 7 nitrogen and oxygen atoms in total. The summed E-state index contributed by atoms with van der Waals surface area (Å²) in [5, 5.41) is 5.46. The van der Waals surface area contributed by atoms with Gasteiger partial charge in [0.05, 0.1) is 20.1 Å². The molecule has 1 N–H and O–H groups in total. The van der Waals surface area contributed by atoms with Gasteiger partial charge in [-0.3, -0.25) is 14.4 Å². The zero-order chi connectivity index (χ0) is 29.5. The number of likely N-dealkylation sites (tertiary alicyclic amines) is 1. The predicted molar refractivity (Wildman–Crippen MR) is 161 cm³/mol. The summed E-state index contributed by atoms with van der Waals surface area (Å²) in [6.45, 7) is 5.67. The molecule has 2 aliphatic carbocycles. The largest absolute Gasteiger partial charge is 0.452 e. The third-order valence-electron chi connectivity index (χ3n) is 9.81. The van der Waals surface area contributed by atoms with Crippen LogP contribution in [0.3, 0.4) is 0 Å². The summed E-state index contributed by atoms with van der Waals surface area (Å²) in [5.74, 6) is 0.460. The summed E-state index contributed by atoms with van der Waals surface area (Å²) in [6, 6.07) is 21.4. The van der Waals surface area contributed by atoms with Crippen molar-refractivity contribution in [3.05, 3.63) is 77.9 Å². The van der Waals surface area contributed by atoms with Crippen LogP contribution in [0.5, 0.6) is 5.75 Å². The van der Waals surface area contributed by atoms with E-state index in [-0.39, 0.29) is 23.9 Å². The van der Waals surface area contributed by atoms with Gasteiger partial charge in [0.1, 0.15) is 12.3 Å². The van der Waals surface area contributed by atoms with Crippen LogP contribution >= 0.6 is 0 Å². The molecule has 42 heavy (non-hydrogen) atoms. The number of nitrogens with zero attached hydrogens (tertiary/aromatic N) is 1. The number of amides is 1. The average Bonchev–Trinajstić information content (AvgIpc) is 3.76. The Kier molecular flexibility index (Phi) is 7.34. The molecule has 7 heteroatoms. The fraction of sp³-hybridized carbons (Fsp3) is 0.457. The molecule has 4 atom stereocenters. The Morgan fingerprint density at radius 3 is 2.43 bits per heavy atom. The SMILES string of the molecule is CC(=O)Oc1cccc([C@@]23CC[N@+](C)(CC4CC4)CC2(OC(C)=O)CC[C@H](NC(=O)c2ccc4ccccc4c2)C3)c1. The van der Waals surface area contributed by atoms with Crippen LogP contribution in [0.2, 0.25) is 0 Å². The zero-order valence-electron chi connectivity index (χ0n) is 24.9. The highest BCUT2D eigenvalue weighted by Crippen LogP contribution is 2.55. The number of hydrogen-bond acceptors (Lipinski definition) is 5. The summed E-state index contributed by atoms with van der Waals surface area (Å²) >= 11 is 0. The van der Waals surface area contributed by atoms with Crippen molar-refractivity contribution in [2.24, 2.45) is 5.92 Å². The van der Waals surface area contributed by atoms with Crippen LogP contribution in [-0.4, -0.2) is 60.7 Å². The molecule has 1 saturated heterocycles. The molecule has 2 saturated carbocycles. The molecule has 1 unspecified atom stereocenters. The lowest BCUT2D eigenvalue weighted by Crippen LogP contribution is -2.72. The van der Waals surface area contributed by atoms with E-state index in [0.717, 1.165) is 52.8 Å². The standard InChI is InChI=1S/C35H40N2O5/c1-24(38)41-32-10-6-9-30(20-32)34-17-18-37(3,22-26-11-12-26)23-35(34,42-25(2)39)16-15-31(21-34)36-33(40)29-14-13-27-7-4-5-8-28(27)19-29/h4-10,13-14,19-20,26,31H,11-12,15-18,21-23H2,1-3H3/p+1/t31-,34-,35?,37+/m0/s1. The molecule has 0 spiro atoms. The fourth-order valence-corrected chi connectivity index (χ4v) is 7.88. The van der Waals surface area contributed by atoms with Crippen LogP contribution in [0.15, 0.2) is 66.7 Å². The first-order chi connectivity index (χ1) is 20.1. The van der Waals surface area contributed by atoms with Crippen molar-refractivity contribution in [1.82, 2.24) is 5.32 Å². The molecule has 1 aliphatic heterocycles. The van der Waals surface area contributed by atoms with Crippen molar-refractivity contribution in [3.8, 4) is 5.75 Å². The average molecular weight is 570 g/mol. The van der Waals surface area contributed by atoms with E-state index in [9.17, 15) is 14.4 Å². The summed E-state index contributed by atoms with van der Waals surface area (Å²) in [6.07, 6.45) is 5.33. The van der Waals surface area contributed by atoms with Gasteiger partial charge in [-0.05, 0) is 72.7 Å². The summed E-state index contributed by atoms with van der Waals surface area (Å²) < 4.78 is 12.8. The second-order valence-electron chi connectivity index (χ2n) is 13.1. The van der Waals surface area contributed by atoms with Crippen LogP contribution < -0.4 is 10.1 Å². The van der Waals surface area contributed by atoms with Gasteiger partial charge in [-0.2, -0.15) is 0 Å². The number of rotatable bonds is 7. The minimum Gasteiger partial charge on any atom is -0.452 e. The Balaban J connectivity index is 1.36. The first-order valence-corrected chi connectivity index (χ1v) is 15.2. The molecule has 1 amide bonds. The van der Waals surface area contributed by atoms with E-state index >= 15 is 0 Å². The molecule has 3 aromatic rings. The minimum atomic E-state index is -0.736. The van der Waals surface area contributed by atoms with Crippen LogP contribution in [-0.2, 0) is 19.7 Å². The quantitative estimate of drug-likeness (QED) is 0.229. The highest BCUT2D eigenvalue weighted by Gasteiger charge is 2.65. The van der Waals surface area contributed by atoms with Crippen molar-refractivity contribution >= 4 is 28.6 Å². The van der Waals surface area contributed by atoms with Crippen molar-refractivity contribution in [2.45, 2.75) is 69.4 Å². The number of carbonyl (C=O) groups is 3. The van der Waals surface area contributed by atoms with E-state index in [0.29, 0.717) is 30.6 Å². The molecule has 3 aliphatic rings. The van der Waals surface area contributed by atoms with E-state index in [4.69, 9.17) is 9.47 Å². The van der Waals surface area contributed by atoms with Gasteiger partial charge in [-0.15, -0.1) is 0 Å². The van der Waals surface area contributed by atoms with Gasteiger partial charge in [0.15, 0.2) is 5.60 Å². The van der Waals surface area contributed by atoms with Gasteiger partial charge in [-0.1, -0.05) is 42.5 Å². The molecule has 0 bridgehead atoms. The first kappa shape index (κ1) is 28.4. The monoisotopic (exact) mass is 569 g/mol. The number of ether oxygens (including phenoxy) is 2. The number of piperidine rings is 1. The Hall–Kier alpha value is -3.71. The van der Waals surface area contributed by atoms with Crippen molar-refractivity contribution < 1.29 is 28.3 Å². The summed E-state index contributed by atoms with van der Waals surface area (Å²) in [4.78, 5) is 38.2. The van der Waals surface area contributed by atoms with Crippen LogP contribution in [0.1, 0.15) is 68.3 Å². The van der Waals surface area contributed by atoms with Crippen molar-refractivity contribution in [2.75, 3.05) is 26.7 Å². The van der Waals surface area contributed by atoms with E-state index in [1.165, 1.54) is 26.7 Å². The third-order valence-corrected chi connectivity index (χ3v) is 9.81. The van der Waals surface area contributed by atoms with E-state index < -0.39 is 11.0 Å². The molecule has 0 radical (unpaired) electrons. The Labute approximate surface area is 247 Å². The van der Waals surface area contributed by atoms with Gasteiger partial charge in [-0.25, -0.2) is 0 Å². The highest BCUT2D eigenvalue weighted by atomic mass is 16.6. The Bertz CT molecular complexity index is 1530. The lowest BCUT2D eigenvalue weighted by Gasteiger charge is -2.60. The molecule has 6 rings (SSSR count). The maximum absolute atomic E-state index is 13.6. The lowest BCUT2D eigenvalue weighted by atomic mass is 9.54. The predicted octanol–water partition coefficient (Wildman–Crippen LogP) is 5.55. The topological polar surface area (TPSA) is 81.7 Å². The normalized spacial score (nSPS) is 28.9. The van der Waals surface area contributed by atoms with Crippen LogP contribution in [0.4, 0.5) is 0 Å². The molecule has 3 aromatic carbocycles. The van der Waals surface area contributed by atoms with Gasteiger partial charge < -0.3 is 19.3 Å². The fourth-order valence-electron chi connectivity index (χ4n) is 7.88. The number of quaternary nitrogens is 1. The minimum absolute atomic E-state index is 0.0975. The number of hydrogen-bond donors (Lipinski definition) is 1. The van der Waals surface area contributed by atoms with Crippen LogP contribution in [0, 0.1) is 5.92 Å². The molecule has 220 valence electrons. The van der Waals surface area contributed by atoms with Gasteiger partial charge in [0, 0.05) is 43.2 Å². The molecule has 3 fully saturated rings. The van der Waals surface area contributed by atoms with E-state index in [1.54, 1.807) is 6.07 Å². The lowest BCUT2D eigenvalue weighted by molar-refractivity contribution is -0.924. The number of likely N-dealkylation sites (N-methyl/N-ethyl adjacent to an activating group) is 1. The molecule has 0 aromatic heterocycles. The Morgan fingerprint density at radius 1 is 0.905 bits per heavy atom. The van der Waals surface area contributed by atoms with Crippen molar-refractivity contribution in [1.29, 1.82) is 0 Å². The zero-order valence-corrected chi connectivity index (χ0v) is 24.9. The molecular weight excluding hydrogens is 528 g/mol. The van der Waals surface area contributed by atoms with Crippen molar-refractivity contribution in [3.63, 3.8) is 0 Å². The van der Waals surface area contributed by atoms with Gasteiger partial charge >= 0.3 is 11.9 Å².